The molecular formula is C46H29NS. The summed E-state index contributed by atoms with van der Waals surface area (Å²) in [5.74, 6) is 0. The van der Waals surface area contributed by atoms with Crippen LogP contribution in [0.3, 0.4) is 0 Å². The second-order valence-electron chi connectivity index (χ2n) is 12.5. The van der Waals surface area contributed by atoms with Gasteiger partial charge in [0.15, 0.2) is 0 Å². The molecule has 224 valence electrons. The summed E-state index contributed by atoms with van der Waals surface area (Å²) in [5.41, 5.74) is 11.0. The molecule has 10 aromatic rings. The lowest BCUT2D eigenvalue weighted by Gasteiger charge is -2.13. The highest BCUT2D eigenvalue weighted by molar-refractivity contribution is 7.27. The van der Waals surface area contributed by atoms with Gasteiger partial charge in [-0.05, 0) is 80.6 Å². The van der Waals surface area contributed by atoms with Crippen LogP contribution in [0.1, 0.15) is 0 Å². The molecule has 8 aromatic carbocycles. The van der Waals surface area contributed by atoms with Crippen molar-refractivity contribution < 1.29 is 0 Å². The van der Waals surface area contributed by atoms with E-state index in [4.69, 9.17) is 0 Å². The number of aromatic nitrogens is 1. The van der Waals surface area contributed by atoms with Gasteiger partial charge in [-0.2, -0.15) is 0 Å². The number of nitrogens with zero attached hydrogens (tertiary/aromatic N) is 1. The number of para-hydroxylation sites is 1. The third kappa shape index (κ3) is 4.24. The minimum atomic E-state index is 1.17. The molecule has 0 radical (unpaired) electrons. The molecule has 0 aliphatic carbocycles. The molecule has 0 saturated carbocycles. The molecule has 0 aliphatic rings. The van der Waals surface area contributed by atoms with E-state index in [2.05, 4.69) is 180 Å². The van der Waals surface area contributed by atoms with Crippen molar-refractivity contribution in [2.24, 2.45) is 0 Å². The summed E-state index contributed by atoms with van der Waals surface area (Å²) >= 11 is 1.92. The molecule has 0 amide bonds. The monoisotopic (exact) mass is 627 g/mol. The van der Waals surface area contributed by atoms with Gasteiger partial charge < -0.3 is 4.57 Å². The van der Waals surface area contributed by atoms with Crippen LogP contribution in [0.15, 0.2) is 176 Å². The molecule has 48 heavy (non-hydrogen) atoms. The van der Waals surface area contributed by atoms with Gasteiger partial charge in [-0.1, -0.05) is 140 Å². The van der Waals surface area contributed by atoms with Gasteiger partial charge >= 0.3 is 0 Å². The SMILES string of the molecule is c1ccc(-c2cc(-c3ccccc3)cc(-c3ccc(-n4c5ccccc5c5ccc6c7ccc8ccccc8c7sc6c54)cc3)c2)cc1. The molecular weight excluding hydrogens is 599 g/mol. The van der Waals surface area contributed by atoms with E-state index in [1.165, 1.54) is 91.8 Å². The van der Waals surface area contributed by atoms with Gasteiger partial charge in [-0.25, -0.2) is 0 Å². The van der Waals surface area contributed by atoms with E-state index < -0.39 is 0 Å². The normalized spacial score (nSPS) is 11.8. The maximum absolute atomic E-state index is 2.48. The summed E-state index contributed by atoms with van der Waals surface area (Å²) in [7, 11) is 0. The number of fused-ring (bicyclic) bond motifs is 9. The van der Waals surface area contributed by atoms with Crippen LogP contribution >= 0.6 is 11.3 Å². The fraction of sp³-hybridized carbons (Fsp3) is 0. The predicted octanol–water partition coefficient (Wildman–Crippen LogP) is 13.3. The van der Waals surface area contributed by atoms with E-state index in [0.29, 0.717) is 0 Å². The van der Waals surface area contributed by atoms with Crippen molar-refractivity contribution in [3.05, 3.63) is 176 Å². The second kappa shape index (κ2) is 10.8. The van der Waals surface area contributed by atoms with Crippen LogP contribution < -0.4 is 0 Å². The topological polar surface area (TPSA) is 4.93 Å². The van der Waals surface area contributed by atoms with Crippen molar-refractivity contribution in [3.63, 3.8) is 0 Å². The van der Waals surface area contributed by atoms with Crippen molar-refractivity contribution in [1.29, 1.82) is 0 Å². The van der Waals surface area contributed by atoms with Crippen LogP contribution in [0.5, 0.6) is 0 Å². The summed E-state index contributed by atoms with van der Waals surface area (Å²) in [6.45, 7) is 0. The summed E-state index contributed by atoms with van der Waals surface area (Å²) < 4.78 is 5.17. The molecule has 1 nitrogen and oxygen atoms in total. The standard InChI is InChI=1S/C46H29NS/c1-3-11-30(12-4-1)34-27-35(31-13-5-2-6-14-31)29-36(28-34)32-19-22-37(23-20-32)47-43-18-10-9-17-39(43)40-25-26-42-41-24-21-33-15-7-8-16-38(33)45(41)48-46(42)44(40)47/h1-29H. The number of thiophene rings is 1. The summed E-state index contributed by atoms with van der Waals surface area (Å²) in [6.07, 6.45) is 0. The Hall–Kier alpha value is -5.96. The molecule has 0 aliphatic heterocycles. The maximum atomic E-state index is 2.48. The Morgan fingerprint density at radius 3 is 1.54 bits per heavy atom. The smallest absolute Gasteiger partial charge is 0.0719 e. The molecule has 0 atom stereocenters. The first-order valence-corrected chi connectivity index (χ1v) is 17.2. The van der Waals surface area contributed by atoms with Crippen molar-refractivity contribution in [2.75, 3.05) is 0 Å². The Balaban J connectivity index is 1.18. The number of benzene rings is 8. The van der Waals surface area contributed by atoms with E-state index in [-0.39, 0.29) is 0 Å². The van der Waals surface area contributed by atoms with Crippen LogP contribution in [0, 0.1) is 0 Å². The predicted molar refractivity (Wildman–Crippen MR) is 207 cm³/mol. The van der Waals surface area contributed by atoms with Crippen molar-refractivity contribution in [3.8, 4) is 39.1 Å². The zero-order valence-electron chi connectivity index (χ0n) is 26.1. The molecule has 0 bridgehead atoms. The first-order chi connectivity index (χ1) is 23.8. The van der Waals surface area contributed by atoms with Crippen LogP contribution in [-0.4, -0.2) is 4.57 Å². The lowest BCUT2D eigenvalue weighted by molar-refractivity contribution is 1.19. The molecule has 0 saturated heterocycles. The molecule has 2 heteroatoms. The van der Waals surface area contributed by atoms with Crippen molar-refractivity contribution in [1.82, 2.24) is 4.57 Å². The molecule has 2 aromatic heterocycles. The maximum Gasteiger partial charge on any atom is 0.0719 e. The molecule has 0 unspecified atom stereocenters. The molecule has 0 spiro atoms. The zero-order valence-corrected chi connectivity index (χ0v) is 26.9. The average Bonchev–Trinajstić information content (AvgIpc) is 3.72. The third-order valence-electron chi connectivity index (χ3n) is 9.77. The van der Waals surface area contributed by atoms with Gasteiger partial charge in [0.2, 0.25) is 0 Å². The van der Waals surface area contributed by atoms with Gasteiger partial charge in [0.1, 0.15) is 0 Å². The van der Waals surface area contributed by atoms with Gasteiger partial charge in [0.25, 0.3) is 0 Å². The number of rotatable bonds is 4. The first-order valence-electron chi connectivity index (χ1n) is 16.4. The fourth-order valence-electron chi connectivity index (χ4n) is 7.47. The Morgan fingerprint density at radius 2 is 0.854 bits per heavy atom. The van der Waals surface area contributed by atoms with Gasteiger partial charge in [-0.3, -0.25) is 0 Å². The molecule has 2 heterocycles. The van der Waals surface area contributed by atoms with E-state index in [1.54, 1.807) is 0 Å². The van der Waals surface area contributed by atoms with E-state index in [1.807, 2.05) is 11.3 Å². The fourth-order valence-corrected chi connectivity index (χ4v) is 8.84. The molecule has 0 N–H and O–H groups in total. The third-order valence-corrected chi connectivity index (χ3v) is 11.0. The highest BCUT2D eigenvalue weighted by Crippen LogP contribution is 2.45. The summed E-state index contributed by atoms with van der Waals surface area (Å²) in [6, 6.07) is 64.3. The highest BCUT2D eigenvalue weighted by atomic mass is 32.1. The van der Waals surface area contributed by atoms with Crippen LogP contribution in [0.25, 0.3) is 91.8 Å². The minimum absolute atomic E-state index is 1.17. The minimum Gasteiger partial charge on any atom is -0.308 e. The van der Waals surface area contributed by atoms with Gasteiger partial charge in [0, 0.05) is 31.9 Å². The first kappa shape index (κ1) is 27.2. The average molecular weight is 628 g/mol. The Morgan fingerprint density at radius 1 is 0.333 bits per heavy atom. The number of hydrogen-bond acceptors (Lipinski definition) is 1. The van der Waals surface area contributed by atoms with Crippen LogP contribution in [-0.2, 0) is 0 Å². The van der Waals surface area contributed by atoms with E-state index in [9.17, 15) is 0 Å². The van der Waals surface area contributed by atoms with Gasteiger partial charge in [0.05, 0.1) is 15.7 Å². The van der Waals surface area contributed by atoms with Crippen LogP contribution in [0.2, 0.25) is 0 Å². The Bertz CT molecular complexity index is 2750. The Labute approximate surface area is 282 Å². The summed E-state index contributed by atoms with van der Waals surface area (Å²) in [4.78, 5) is 0. The largest absolute Gasteiger partial charge is 0.308 e. The van der Waals surface area contributed by atoms with Crippen molar-refractivity contribution in [2.45, 2.75) is 0 Å². The summed E-state index contributed by atoms with van der Waals surface area (Å²) in [5, 5.41) is 7.83. The van der Waals surface area contributed by atoms with Crippen molar-refractivity contribution >= 4 is 64.1 Å². The lowest BCUT2D eigenvalue weighted by Crippen LogP contribution is -1.94. The second-order valence-corrected chi connectivity index (χ2v) is 13.6. The van der Waals surface area contributed by atoms with E-state index in [0.717, 1.165) is 0 Å². The molecule has 10 rings (SSSR count). The quantitative estimate of drug-likeness (QED) is 0.183. The lowest BCUT2D eigenvalue weighted by atomic mass is 9.93. The molecule has 0 fully saturated rings. The van der Waals surface area contributed by atoms with E-state index >= 15 is 0 Å². The Kier molecular flexibility index (Phi) is 6.12. The zero-order chi connectivity index (χ0) is 31.6. The highest BCUT2D eigenvalue weighted by Gasteiger charge is 2.18. The number of hydrogen-bond donors (Lipinski definition) is 0. The van der Waals surface area contributed by atoms with Crippen LogP contribution in [0.4, 0.5) is 0 Å². The van der Waals surface area contributed by atoms with Gasteiger partial charge in [-0.15, -0.1) is 11.3 Å².